The third-order valence-electron chi connectivity index (χ3n) is 4.99. The monoisotopic (exact) mass is 419 g/mol. The number of aromatic nitrogens is 3. The first kappa shape index (κ1) is 19.8. The highest BCUT2D eigenvalue weighted by Gasteiger charge is 2.34. The van der Waals surface area contributed by atoms with Gasteiger partial charge in [0.05, 0.1) is 0 Å². The van der Waals surface area contributed by atoms with Gasteiger partial charge in [-0.15, -0.1) is 11.3 Å². The van der Waals surface area contributed by atoms with Gasteiger partial charge in [0.25, 0.3) is 0 Å². The third kappa shape index (κ3) is 4.56. The molecule has 0 radical (unpaired) electrons. The van der Waals surface area contributed by atoms with E-state index in [9.17, 15) is 13.2 Å². The summed E-state index contributed by atoms with van der Waals surface area (Å²) in [5.41, 5.74) is 0.869. The molecule has 29 heavy (non-hydrogen) atoms. The third-order valence-corrected chi connectivity index (χ3v) is 6.02. The number of hydrogen-bond acceptors (Lipinski definition) is 6. The van der Waals surface area contributed by atoms with Crippen molar-refractivity contribution in [3.05, 3.63) is 58.2 Å². The zero-order chi connectivity index (χ0) is 20.4. The summed E-state index contributed by atoms with van der Waals surface area (Å²) in [5, 5.41) is 5.18. The van der Waals surface area contributed by atoms with Gasteiger partial charge in [0, 0.05) is 54.6 Å². The summed E-state index contributed by atoms with van der Waals surface area (Å²) in [7, 11) is 0. The van der Waals surface area contributed by atoms with Crippen molar-refractivity contribution in [2.45, 2.75) is 32.1 Å². The minimum Gasteiger partial charge on any atom is -0.368 e. The second-order valence-corrected chi connectivity index (χ2v) is 8.02. The Morgan fingerprint density at radius 3 is 2.76 bits per heavy atom. The Morgan fingerprint density at radius 2 is 2.00 bits per heavy atom. The summed E-state index contributed by atoms with van der Waals surface area (Å²) >= 11 is 1.78. The molecule has 0 spiro atoms. The SMILES string of the molecule is CC(CNc1cc(C(F)(F)F)nc(-c2ccncc2)n1)N1CCc2sccc2C1. The van der Waals surface area contributed by atoms with Crippen molar-refractivity contribution in [2.75, 3.05) is 18.4 Å². The molecule has 3 aromatic heterocycles. The molecule has 0 amide bonds. The van der Waals surface area contributed by atoms with Gasteiger partial charge in [0.2, 0.25) is 0 Å². The molecule has 1 N–H and O–H groups in total. The van der Waals surface area contributed by atoms with Crippen LogP contribution in [0.5, 0.6) is 0 Å². The number of thiophene rings is 1. The van der Waals surface area contributed by atoms with Crippen molar-refractivity contribution < 1.29 is 13.2 Å². The van der Waals surface area contributed by atoms with Crippen LogP contribution in [0.4, 0.5) is 19.0 Å². The van der Waals surface area contributed by atoms with Gasteiger partial charge in [-0.25, -0.2) is 9.97 Å². The van der Waals surface area contributed by atoms with Gasteiger partial charge in [-0.3, -0.25) is 9.88 Å². The lowest BCUT2D eigenvalue weighted by molar-refractivity contribution is -0.141. The Morgan fingerprint density at radius 1 is 1.21 bits per heavy atom. The predicted molar refractivity (Wildman–Crippen MR) is 107 cm³/mol. The van der Waals surface area contributed by atoms with Crippen LogP contribution in [-0.2, 0) is 19.1 Å². The molecule has 0 aromatic carbocycles. The smallest absolute Gasteiger partial charge is 0.368 e. The molecule has 1 aliphatic rings. The molecular formula is C20H20F3N5S. The number of pyridine rings is 1. The molecule has 9 heteroatoms. The second kappa shape index (κ2) is 8.08. The second-order valence-electron chi connectivity index (χ2n) is 7.02. The maximum absolute atomic E-state index is 13.3. The Hall–Kier alpha value is -2.52. The summed E-state index contributed by atoms with van der Waals surface area (Å²) < 4.78 is 40.0. The number of alkyl halides is 3. The molecule has 0 bridgehead atoms. The summed E-state index contributed by atoms with van der Waals surface area (Å²) in [6, 6.07) is 6.44. The van der Waals surface area contributed by atoms with E-state index < -0.39 is 11.9 Å². The maximum atomic E-state index is 13.3. The molecule has 1 unspecified atom stereocenters. The van der Waals surface area contributed by atoms with Crippen LogP contribution in [0.25, 0.3) is 11.4 Å². The fourth-order valence-electron chi connectivity index (χ4n) is 3.34. The first-order chi connectivity index (χ1) is 13.9. The van der Waals surface area contributed by atoms with Gasteiger partial charge in [0.1, 0.15) is 5.82 Å². The lowest BCUT2D eigenvalue weighted by Gasteiger charge is -2.32. The van der Waals surface area contributed by atoms with Crippen LogP contribution in [0, 0.1) is 0 Å². The first-order valence-electron chi connectivity index (χ1n) is 9.30. The van der Waals surface area contributed by atoms with Crippen LogP contribution >= 0.6 is 11.3 Å². The average molecular weight is 419 g/mol. The fraction of sp³-hybridized carbons (Fsp3) is 0.350. The molecule has 4 heterocycles. The van der Waals surface area contributed by atoms with Crippen molar-refractivity contribution in [3.63, 3.8) is 0 Å². The van der Waals surface area contributed by atoms with Crippen molar-refractivity contribution in [3.8, 4) is 11.4 Å². The van der Waals surface area contributed by atoms with Gasteiger partial charge < -0.3 is 5.32 Å². The summed E-state index contributed by atoms with van der Waals surface area (Å²) in [6.45, 7) is 4.36. The van der Waals surface area contributed by atoms with Crippen molar-refractivity contribution >= 4 is 17.2 Å². The number of nitrogens with one attached hydrogen (secondary N) is 1. The Labute approximate surface area is 170 Å². The normalized spacial score (nSPS) is 15.7. The van der Waals surface area contributed by atoms with Crippen molar-refractivity contribution in [2.24, 2.45) is 0 Å². The number of hydrogen-bond donors (Lipinski definition) is 1. The largest absolute Gasteiger partial charge is 0.433 e. The number of anilines is 1. The van der Waals surface area contributed by atoms with E-state index in [-0.39, 0.29) is 17.7 Å². The highest BCUT2D eigenvalue weighted by molar-refractivity contribution is 7.10. The number of rotatable bonds is 5. The van der Waals surface area contributed by atoms with Gasteiger partial charge in [-0.05, 0) is 42.5 Å². The zero-order valence-electron chi connectivity index (χ0n) is 15.8. The van der Waals surface area contributed by atoms with Gasteiger partial charge in [-0.1, -0.05) is 0 Å². The Kier molecular flexibility index (Phi) is 5.51. The minimum atomic E-state index is -4.55. The highest BCUT2D eigenvalue weighted by atomic mass is 32.1. The molecular weight excluding hydrogens is 399 g/mol. The number of halogens is 3. The molecule has 1 atom stereocenters. The van der Waals surface area contributed by atoms with Crippen LogP contribution < -0.4 is 5.32 Å². The zero-order valence-corrected chi connectivity index (χ0v) is 16.6. The molecule has 0 saturated heterocycles. The molecule has 0 fully saturated rings. The first-order valence-corrected chi connectivity index (χ1v) is 10.2. The number of fused-ring (bicyclic) bond motifs is 1. The Balaban J connectivity index is 1.50. The van der Waals surface area contributed by atoms with E-state index in [0.717, 1.165) is 25.6 Å². The van der Waals surface area contributed by atoms with Crippen LogP contribution in [0.2, 0.25) is 0 Å². The molecule has 1 aliphatic heterocycles. The standard InChI is InChI=1S/C20H20F3N5S/c1-13(28-8-4-16-15(12-28)5-9-29-16)11-25-18-10-17(20(21,22)23)26-19(27-18)14-2-6-24-7-3-14/h2-3,5-7,9-10,13H,4,8,11-12H2,1H3,(H,25,26,27). The minimum absolute atomic E-state index is 0.0262. The molecule has 0 aliphatic carbocycles. The van der Waals surface area contributed by atoms with Crippen LogP contribution in [0.3, 0.4) is 0 Å². The quantitative estimate of drug-likeness (QED) is 0.661. The van der Waals surface area contributed by atoms with Crippen molar-refractivity contribution in [1.82, 2.24) is 19.9 Å². The predicted octanol–water partition coefficient (Wildman–Crippen LogP) is 4.48. The summed E-state index contributed by atoms with van der Waals surface area (Å²) in [4.78, 5) is 15.6. The summed E-state index contributed by atoms with van der Waals surface area (Å²) in [6.07, 6.45) is -0.531. The lowest BCUT2D eigenvalue weighted by atomic mass is 10.1. The molecule has 4 rings (SSSR count). The molecule has 0 saturated carbocycles. The van der Waals surface area contributed by atoms with Gasteiger partial charge in [0.15, 0.2) is 11.5 Å². The van der Waals surface area contributed by atoms with Crippen LogP contribution in [0.15, 0.2) is 42.0 Å². The lowest BCUT2D eigenvalue weighted by Crippen LogP contribution is -2.40. The molecule has 152 valence electrons. The van der Waals surface area contributed by atoms with E-state index in [2.05, 4.69) is 43.5 Å². The van der Waals surface area contributed by atoms with Gasteiger partial charge >= 0.3 is 6.18 Å². The van der Waals surface area contributed by atoms with E-state index in [1.54, 1.807) is 23.5 Å². The van der Waals surface area contributed by atoms with Crippen LogP contribution in [-0.4, -0.2) is 39.0 Å². The van der Waals surface area contributed by atoms with E-state index in [1.807, 2.05) is 0 Å². The molecule has 5 nitrogen and oxygen atoms in total. The van der Waals surface area contributed by atoms with Crippen LogP contribution in [0.1, 0.15) is 23.1 Å². The summed E-state index contributed by atoms with van der Waals surface area (Å²) in [5.74, 6) is 0.192. The average Bonchev–Trinajstić information content (AvgIpc) is 3.19. The van der Waals surface area contributed by atoms with Crippen molar-refractivity contribution in [1.29, 1.82) is 0 Å². The topological polar surface area (TPSA) is 53.9 Å². The van der Waals surface area contributed by atoms with E-state index in [1.165, 1.54) is 22.8 Å². The fourth-order valence-corrected chi connectivity index (χ4v) is 4.23. The van der Waals surface area contributed by atoms with Gasteiger partial charge in [-0.2, -0.15) is 13.2 Å². The van der Waals surface area contributed by atoms with E-state index in [4.69, 9.17) is 0 Å². The van der Waals surface area contributed by atoms with E-state index >= 15 is 0 Å². The number of nitrogens with zero attached hydrogens (tertiary/aromatic N) is 4. The molecule has 3 aromatic rings. The highest BCUT2D eigenvalue weighted by Crippen LogP contribution is 2.31. The maximum Gasteiger partial charge on any atom is 0.433 e. The van der Waals surface area contributed by atoms with E-state index in [0.29, 0.717) is 12.1 Å². The Bertz CT molecular complexity index is 974.